The molecule has 1 rings (SSSR count). The van der Waals surface area contributed by atoms with Gasteiger partial charge in [-0.15, -0.1) is 0 Å². The van der Waals surface area contributed by atoms with Gasteiger partial charge in [0.25, 0.3) is 0 Å². The van der Waals surface area contributed by atoms with Crippen LogP contribution < -0.4 is 10.7 Å². The molecule has 0 heterocycles. The van der Waals surface area contributed by atoms with Crippen molar-refractivity contribution in [2.24, 2.45) is 11.3 Å². The fraction of sp³-hybridized carbons (Fsp3) is 0.833. The van der Waals surface area contributed by atoms with Crippen molar-refractivity contribution in [3.8, 4) is 0 Å². The summed E-state index contributed by atoms with van der Waals surface area (Å²) in [6.45, 7) is 2.33. The van der Waals surface area contributed by atoms with E-state index in [0.717, 1.165) is 12.8 Å². The Morgan fingerprint density at radius 1 is 1.33 bits per heavy atom. The van der Waals surface area contributed by atoms with E-state index in [1.165, 1.54) is 5.01 Å². The van der Waals surface area contributed by atoms with Crippen LogP contribution in [0.15, 0.2) is 0 Å². The molecule has 0 spiro atoms. The number of carboxylic acids is 1. The molecule has 2 amide bonds. The van der Waals surface area contributed by atoms with Gasteiger partial charge >= 0.3 is 12.0 Å². The van der Waals surface area contributed by atoms with E-state index in [-0.39, 0.29) is 12.6 Å². The molecule has 1 saturated carbocycles. The van der Waals surface area contributed by atoms with Gasteiger partial charge in [0.2, 0.25) is 0 Å². The molecule has 3 N–H and O–H groups in total. The maximum atomic E-state index is 11.5. The van der Waals surface area contributed by atoms with Gasteiger partial charge < -0.3 is 10.4 Å². The molecule has 6 heteroatoms. The van der Waals surface area contributed by atoms with Crippen LogP contribution in [-0.4, -0.2) is 42.8 Å². The molecular formula is C12H23N3O3. The number of carboxylic acid groups (broad SMARTS) is 1. The molecule has 0 atom stereocenters. The van der Waals surface area contributed by atoms with Gasteiger partial charge in [-0.1, -0.05) is 6.92 Å². The minimum atomic E-state index is -0.806. The first kappa shape index (κ1) is 14.8. The molecule has 0 bridgehead atoms. The number of hydrogen-bond acceptors (Lipinski definition) is 3. The summed E-state index contributed by atoms with van der Waals surface area (Å²) in [6.07, 6.45) is 3.07. The third-order valence-corrected chi connectivity index (χ3v) is 3.60. The molecule has 0 radical (unpaired) electrons. The second kappa shape index (κ2) is 6.04. The van der Waals surface area contributed by atoms with Gasteiger partial charge in [-0.3, -0.25) is 10.2 Å². The van der Waals surface area contributed by atoms with Crippen molar-refractivity contribution in [3.05, 3.63) is 0 Å². The molecule has 0 aliphatic heterocycles. The van der Waals surface area contributed by atoms with E-state index < -0.39 is 11.4 Å². The molecule has 0 aromatic carbocycles. The van der Waals surface area contributed by atoms with E-state index in [0.29, 0.717) is 18.8 Å². The number of amides is 2. The van der Waals surface area contributed by atoms with E-state index in [9.17, 15) is 14.7 Å². The maximum Gasteiger partial charge on any atom is 0.329 e. The summed E-state index contributed by atoms with van der Waals surface area (Å²) in [4.78, 5) is 22.9. The van der Waals surface area contributed by atoms with E-state index in [1.54, 1.807) is 14.1 Å². The summed E-state index contributed by atoms with van der Waals surface area (Å²) < 4.78 is 0. The monoisotopic (exact) mass is 257 g/mol. The zero-order chi connectivity index (χ0) is 13.8. The van der Waals surface area contributed by atoms with Crippen molar-refractivity contribution < 1.29 is 14.7 Å². The van der Waals surface area contributed by atoms with Crippen molar-refractivity contribution in [1.82, 2.24) is 15.8 Å². The molecule has 1 fully saturated rings. The summed E-state index contributed by atoms with van der Waals surface area (Å²) in [6, 6.07) is -0.362. The van der Waals surface area contributed by atoms with Crippen molar-refractivity contribution >= 4 is 12.0 Å². The Morgan fingerprint density at radius 3 is 2.33 bits per heavy atom. The Bertz CT molecular complexity index is 310. The lowest BCUT2D eigenvalue weighted by Gasteiger charge is -2.35. The van der Waals surface area contributed by atoms with Crippen LogP contribution in [0.2, 0.25) is 0 Å². The normalized spacial score (nSPS) is 27.9. The van der Waals surface area contributed by atoms with E-state index in [2.05, 4.69) is 17.7 Å². The second-order valence-electron chi connectivity index (χ2n) is 5.46. The van der Waals surface area contributed by atoms with Crippen LogP contribution in [0.1, 0.15) is 32.6 Å². The molecule has 1 aliphatic carbocycles. The lowest BCUT2D eigenvalue weighted by Crippen LogP contribution is -2.50. The molecule has 18 heavy (non-hydrogen) atoms. The number of nitrogens with zero attached hydrogens (tertiary/aromatic N) is 1. The Labute approximate surface area is 108 Å². The number of nitrogens with one attached hydrogen (secondary N) is 2. The van der Waals surface area contributed by atoms with Gasteiger partial charge in [0.15, 0.2) is 0 Å². The van der Waals surface area contributed by atoms with Crippen LogP contribution in [0.4, 0.5) is 4.79 Å². The standard InChI is InChI=1S/C12H23N3O3/c1-9-4-6-12(7-5-9,10(16)17)8-13-11(18)14-15(2)3/h9H,4-8H2,1-3H3,(H,16,17)(H2,13,14,18). The topological polar surface area (TPSA) is 81.7 Å². The number of carbonyl (C=O) groups is 2. The Kier molecular flexibility index (Phi) is 4.95. The van der Waals surface area contributed by atoms with E-state index >= 15 is 0 Å². The van der Waals surface area contributed by atoms with Crippen molar-refractivity contribution in [2.45, 2.75) is 32.6 Å². The lowest BCUT2D eigenvalue weighted by molar-refractivity contribution is -0.151. The molecule has 0 aromatic rings. The Morgan fingerprint density at radius 2 is 1.89 bits per heavy atom. The summed E-state index contributed by atoms with van der Waals surface area (Å²) in [5.74, 6) is -0.229. The third-order valence-electron chi connectivity index (χ3n) is 3.60. The van der Waals surface area contributed by atoms with Crippen molar-refractivity contribution in [1.29, 1.82) is 0 Å². The summed E-state index contributed by atoms with van der Waals surface area (Å²) in [5.41, 5.74) is 1.74. The fourth-order valence-electron chi connectivity index (χ4n) is 2.27. The number of hydrogen-bond donors (Lipinski definition) is 3. The zero-order valence-electron chi connectivity index (χ0n) is 11.3. The van der Waals surface area contributed by atoms with Crippen LogP contribution >= 0.6 is 0 Å². The Hall–Kier alpha value is -1.30. The lowest BCUT2D eigenvalue weighted by atomic mass is 9.71. The molecule has 0 aromatic heterocycles. The number of urea groups is 1. The average Bonchev–Trinajstić information content (AvgIpc) is 2.27. The van der Waals surface area contributed by atoms with Crippen LogP contribution in [-0.2, 0) is 4.79 Å². The van der Waals surface area contributed by atoms with Gasteiger partial charge in [-0.05, 0) is 31.6 Å². The third kappa shape index (κ3) is 3.87. The van der Waals surface area contributed by atoms with E-state index in [4.69, 9.17) is 0 Å². The second-order valence-corrected chi connectivity index (χ2v) is 5.46. The zero-order valence-corrected chi connectivity index (χ0v) is 11.3. The van der Waals surface area contributed by atoms with Crippen LogP contribution in [0, 0.1) is 11.3 Å². The highest BCUT2D eigenvalue weighted by molar-refractivity contribution is 5.78. The summed E-state index contributed by atoms with van der Waals surface area (Å²) in [5, 5.41) is 13.6. The quantitative estimate of drug-likeness (QED) is 0.657. The van der Waals surface area contributed by atoms with Crippen LogP contribution in [0.5, 0.6) is 0 Å². The highest BCUT2D eigenvalue weighted by atomic mass is 16.4. The average molecular weight is 257 g/mol. The maximum absolute atomic E-state index is 11.5. The molecule has 104 valence electrons. The summed E-state index contributed by atoms with van der Waals surface area (Å²) >= 11 is 0. The predicted molar refractivity (Wildman–Crippen MR) is 67.9 cm³/mol. The first-order valence-electron chi connectivity index (χ1n) is 6.31. The first-order valence-corrected chi connectivity index (χ1v) is 6.31. The highest BCUT2D eigenvalue weighted by Crippen LogP contribution is 2.38. The predicted octanol–water partition coefficient (Wildman–Crippen LogP) is 1.04. The minimum Gasteiger partial charge on any atom is -0.481 e. The van der Waals surface area contributed by atoms with Gasteiger partial charge in [0.1, 0.15) is 0 Å². The van der Waals surface area contributed by atoms with Gasteiger partial charge in [0.05, 0.1) is 5.41 Å². The first-order chi connectivity index (χ1) is 8.35. The van der Waals surface area contributed by atoms with Crippen molar-refractivity contribution in [3.63, 3.8) is 0 Å². The summed E-state index contributed by atoms with van der Waals surface area (Å²) in [7, 11) is 3.41. The SMILES string of the molecule is CC1CCC(CNC(=O)NN(C)C)(C(=O)O)CC1. The van der Waals surface area contributed by atoms with Gasteiger partial charge in [0, 0.05) is 20.6 Å². The number of hydrazine groups is 1. The molecular weight excluding hydrogens is 234 g/mol. The van der Waals surface area contributed by atoms with Gasteiger partial charge in [-0.2, -0.15) is 0 Å². The van der Waals surface area contributed by atoms with Crippen LogP contribution in [0.25, 0.3) is 0 Å². The van der Waals surface area contributed by atoms with E-state index in [1.807, 2.05) is 0 Å². The number of rotatable bonds is 4. The molecule has 6 nitrogen and oxygen atoms in total. The number of carbonyl (C=O) groups excluding carboxylic acids is 1. The minimum absolute atomic E-state index is 0.189. The molecule has 0 unspecified atom stereocenters. The Balaban J connectivity index is 2.54. The van der Waals surface area contributed by atoms with Gasteiger partial charge in [-0.25, -0.2) is 9.80 Å². The number of aliphatic carboxylic acids is 1. The highest BCUT2D eigenvalue weighted by Gasteiger charge is 2.41. The van der Waals surface area contributed by atoms with Crippen LogP contribution in [0.3, 0.4) is 0 Å². The molecule has 0 saturated heterocycles. The largest absolute Gasteiger partial charge is 0.481 e. The fourth-order valence-corrected chi connectivity index (χ4v) is 2.27. The smallest absolute Gasteiger partial charge is 0.329 e. The van der Waals surface area contributed by atoms with Crippen molar-refractivity contribution in [2.75, 3.05) is 20.6 Å². The molecule has 1 aliphatic rings.